The van der Waals surface area contributed by atoms with E-state index in [-0.39, 0.29) is 11.7 Å². The van der Waals surface area contributed by atoms with E-state index in [4.69, 9.17) is 4.74 Å². The van der Waals surface area contributed by atoms with Crippen molar-refractivity contribution in [2.75, 3.05) is 33.3 Å². The Bertz CT molecular complexity index is 1500. The molecule has 1 aliphatic rings. The Balaban J connectivity index is 1.20. The Hall–Kier alpha value is -3.68. The number of rotatable bonds is 7. The second-order valence-electron chi connectivity index (χ2n) is 9.35. The molecule has 1 fully saturated rings. The first kappa shape index (κ1) is 25.0. The van der Waals surface area contributed by atoms with Crippen molar-refractivity contribution < 1.29 is 17.9 Å². The summed E-state index contributed by atoms with van der Waals surface area (Å²) in [7, 11) is -1.87. The van der Waals surface area contributed by atoms with Gasteiger partial charge in [0.25, 0.3) is 5.91 Å². The van der Waals surface area contributed by atoms with Gasteiger partial charge in [0.05, 0.1) is 17.8 Å². The molecule has 0 saturated carbocycles. The summed E-state index contributed by atoms with van der Waals surface area (Å²) < 4.78 is 31.7. The molecule has 0 atom stereocenters. The Morgan fingerprint density at radius 3 is 2.27 bits per heavy atom. The van der Waals surface area contributed by atoms with Crippen LogP contribution in [0.5, 0.6) is 5.75 Å². The average Bonchev–Trinajstić information content (AvgIpc) is 2.93. The smallest absolute Gasteiger partial charge is 0.253 e. The van der Waals surface area contributed by atoms with Gasteiger partial charge in [-0.05, 0) is 46.8 Å². The predicted octanol–water partition coefficient (Wildman–Crippen LogP) is 4.78. The largest absolute Gasteiger partial charge is 0.497 e. The highest BCUT2D eigenvalue weighted by Crippen LogP contribution is 2.26. The topological polar surface area (TPSA) is 66.9 Å². The highest BCUT2D eigenvalue weighted by Gasteiger charge is 2.23. The van der Waals surface area contributed by atoms with E-state index >= 15 is 0 Å². The van der Waals surface area contributed by atoms with Crippen molar-refractivity contribution in [1.82, 2.24) is 9.80 Å². The molecule has 1 saturated heterocycles. The first-order chi connectivity index (χ1) is 17.9. The number of fused-ring (bicyclic) bond motifs is 1. The SMILES string of the molecule is COc1cccc(CN2CCN(C(=O)c3ccc(CS(=O)(=O)c4cccc5ccccc45)cc3)CC2)c1. The number of sulfone groups is 1. The maximum Gasteiger partial charge on any atom is 0.253 e. The molecule has 0 aromatic heterocycles. The summed E-state index contributed by atoms with van der Waals surface area (Å²) >= 11 is 0. The molecule has 1 amide bonds. The second kappa shape index (κ2) is 10.7. The first-order valence-electron chi connectivity index (χ1n) is 12.4. The summed E-state index contributed by atoms with van der Waals surface area (Å²) in [5.74, 6) is 0.711. The van der Waals surface area contributed by atoms with Crippen LogP contribution in [0.1, 0.15) is 21.5 Å². The van der Waals surface area contributed by atoms with Crippen molar-refractivity contribution in [1.29, 1.82) is 0 Å². The Kier molecular flexibility index (Phi) is 7.26. The molecule has 7 heteroatoms. The third-order valence-corrected chi connectivity index (χ3v) is 8.58. The molecule has 0 spiro atoms. The number of methoxy groups -OCH3 is 1. The van der Waals surface area contributed by atoms with Gasteiger partial charge in [0, 0.05) is 43.7 Å². The van der Waals surface area contributed by atoms with Gasteiger partial charge in [0.1, 0.15) is 5.75 Å². The number of amides is 1. The number of nitrogens with zero attached hydrogens (tertiary/aromatic N) is 2. The Labute approximate surface area is 218 Å². The van der Waals surface area contributed by atoms with Crippen LogP contribution in [-0.4, -0.2) is 57.4 Å². The Morgan fingerprint density at radius 2 is 1.51 bits per heavy atom. The summed E-state index contributed by atoms with van der Waals surface area (Å²) in [6, 6.07) is 27.8. The minimum atomic E-state index is -3.54. The van der Waals surface area contributed by atoms with E-state index in [1.54, 1.807) is 43.5 Å². The van der Waals surface area contributed by atoms with Crippen molar-refractivity contribution in [3.05, 3.63) is 108 Å². The van der Waals surface area contributed by atoms with Gasteiger partial charge in [-0.25, -0.2) is 8.42 Å². The highest BCUT2D eigenvalue weighted by atomic mass is 32.2. The fourth-order valence-corrected chi connectivity index (χ4v) is 6.42. The summed E-state index contributed by atoms with van der Waals surface area (Å²) in [6.45, 7) is 3.72. The zero-order valence-corrected chi connectivity index (χ0v) is 21.7. The van der Waals surface area contributed by atoms with Crippen molar-refractivity contribution in [3.8, 4) is 5.75 Å². The monoisotopic (exact) mass is 514 g/mol. The van der Waals surface area contributed by atoms with Crippen molar-refractivity contribution >= 4 is 26.5 Å². The molecule has 190 valence electrons. The van der Waals surface area contributed by atoms with Gasteiger partial charge >= 0.3 is 0 Å². The van der Waals surface area contributed by atoms with Crippen LogP contribution < -0.4 is 4.74 Å². The fourth-order valence-electron chi connectivity index (χ4n) is 4.83. The van der Waals surface area contributed by atoms with E-state index in [0.29, 0.717) is 29.1 Å². The predicted molar refractivity (Wildman–Crippen MR) is 145 cm³/mol. The lowest BCUT2D eigenvalue weighted by Crippen LogP contribution is -2.48. The van der Waals surface area contributed by atoms with E-state index < -0.39 is 9.84 Å². The van der Waals surface area contributed by atoms with Crippen LogP contribution >= 0.6 is 0 Å². The van der Waals surface area contributed by atoms with E-state index in [9.17, 15) is 13.2 Å². The van der Waals surface area contributed by atoms with Gasteiger partial charge in [0.15, 0.2) is 9.84 Å². The second-order valence-corrected chi connectivity index (χ2v) is 11.3. The molecule has 0 radical (unpaired) electrons. The van der Waals surface area contributed by atoms with Gasteiger partial charge in [-0.2, -0.15) is 0 Å². The minimum Gasteiger partial charge on any atom is -0.497 e. The number of hydrogen-bond donors (Lipinski definition) is 0. The van der Waals surface area contributed by atoms with Crippen LogP contribution in [0, 0.1) is 0 Å². The van der Waals surface area contributed by atoms with Crippen molar-refractivity contribution in [2.45, 2.75) is 17.2 Å². The third kappa shape index (κ3) is 5.68. The molecule has 0 unspecified atom stereocenters. The molecule has 6 nitrogen and oxygen atoms in total. The number of benzene rings is 4. The number of carbonyl (C=O) groups excluding carboxylic acids is 1. The summed E-state index contributed by atoms with van der Waals surface area (Å²) in [5.41, 5.74) is 2.42. The van der Waals surface area contributed by atoms with Crippen LogP contribution in [0.25, 0.3) is 10.8 Å². The summed E-state index contributed by atoms with van der Waals surface area (Å²) in [4.78, 5) is 17.6. The number of ether oxygens (including phenoxy) is 1. The molecule has 1 aliphatic heterocycles. The standard InChI is InChI=1S/C30H30N2O4S/c1-36-27-9-4-6-24(20-27)21-31-16-18-32(19-17-31)30(33)26-14-12-23(13-15-26)22-37(34,35)29-11-5-8-25-7-2-3-10-28(25)29/h2-15,20H,16-19,21-22H2,1H3. The normalized spacial score (nSPS) is 14.6. The molecular weight excluding hydrogens is 484 g/mol. The van der Waals surface area contributed by atoms with Crippen LogP contribution in [0.15, 0.2) is 95.9 Å². The van der Waals surface area contributed by atoms with E-state index in [2.05, 4.69) is 11.0 Å². The molecule has 0 N–H and O–H groups in total. The van der Waals surface area contributed by atoms with Gasteiger partial charge in [-0.15, -0.1) is 0 Å². The zero-order valence-electron chi connectivity index (χ0n) is 20.8. The maximum absolute atomic E-state index is 13.2. The van der Waals surface area contributed by atoms with Gasteiger partial charge in [-0.3, -0.25) is 9.69 Å². The van der Waals surface area contributed by atoms with Gasteiger partial charge in [-0.1, -0.05) is 60.7 Å². The minimum absolute atomic E-state index is 0.0236. The van der Waals surface area contributed by atoms with Gasteiger partial charge in [0.2, 0.25) is 0 Å². The van der Waals surface area contributed by atoms with Gasteiger partial charge < -0.3 is 9.64 Å². The molecule has 4 aromatic rings. The molecule has 5 rings (SSSR count). The lowest BCUT2D eigenvalue weighted by atomic mass is 10.1. The van der Waals surface area contributed by atoms with Crippen LogP contribution in [0.2, 0.25) is 0 Å². The number of piperazine rings is 1. The zero-order chi connectivity index (χ0) is 25.8. The average molecular weight is 515 g/mol. The quantitative estimate of drug-likeness (QED) is 0.355. The summed E-state index contributed by atoms with van der Waals surface area (Å²) in [6.07, 6.45) is 0. The van der Waals surface area contributed by atoms with Crippen LogP contribution in [0.4, 0.5) is 0 Å². The van der Waals surface area contributed by atoms with Crippen molar-refractivity contribution in [3.63, 3.8) is 0 Å². The van der Waals surface area contributed by atoms with Crippen molar-refractivity contribution in [2.24, 2.45) is 0 Å². The van der Waals surface area contributed by atoms with E-state index in [1.807, 2.05) is 53.4 Å². The molecule has 4 aromatic carbocycles. The van der Waals surface area contributed by atoms with E-state index in [0.717, 1.165) is 36.2 Å². The summed E-state index contributed by atoms with van der Waals surface area (Å²) in [5, 5.41) is 1.62. The maximum atomic E-state index is 13.2. The highest BCUT2D eigenvalue weighted by molar-refractivity contribution is 7.90. The lowest BCUT2D eigenvalue weighted by molar-refractivity contribution is 0.0628. The molecule has 0 aliphatic carbocycles. The van der Waals surface area contributed by atoms with E-state index in [1.165, 1.54) is 5.56 Å². The first-order valence-corrected chi connectivity index (χ1v) is 14.0. The lowest BCUT2D eigenvalue weighted by Gasteiger charge is -2.34. The van der Waals surface area contributed by atoms with Crippen LogP contribution in [0.3, 0.4) is 0 Å². The fraction of sp³-hybridized carbons (Fsp3) is 0.233. The number of hydrogen-bond acceptors (Lipinski definition) is 5. The molecule has 0 bridgehead atoms. The number of carbonyl (C=O) groups is 1. The molecule has 1 heterocycles. The third-order valence-electron chi connectivity index (χ3n) is 6.84. The molecular formula is C30H30N2O4S. The molecule has 37 heavy (non-hydrogen) atoms. The van der Waals surface area contributed by atoms with Crippen LogP contribution in [-0.2, 0) is 22.1 Å². The Morgan fingerprint density at radius 1 is 0.811 bits per heavy atom.